The van der Waals surface area contributed by atoms with Crippen molar-refractivity contribution in [3.8, 4) is 17.2 Å². The van der Waals surface area contributed by atoms with Gasteiger partial charge in [0.2, 0.25) is 0 Å². The minimum atomic E-state index is -0.488. The van der Waals surface area contributed by atoms with Crippen LogP contribution in [0.4, 0.5) is 11.4 Å². The topological polar surface area (TPSA) is 77.1 Å². The third kappa shape index (κ3) is 3.76. The first-order valence-electron chi connectivity index (χ1n) is 10.3. The molecule has 0 radical (unpaired) electrons. The molecule has 2 aliphatic rings. The molecular weight excluding hydrogens is 444 g/mol. The van der Waals surface area contributed by atoms with Crippen molar-refractivity contribution < 1.29 is 23.8 Å². The fourth-order valence-electron chi connectivity index (χ4n) is 3.84. The Labute approximate surface area is 195 Å². The van der Waals surface area contributed by atoms with Crippen molar-refractivity contribution >= 4 is 40.4 Å². The van der Waals surface area contributed by atoms with Crippen LogP contribution in [0.3, 0.4) is 0 Å². The number of nitrogens with one attached hydrogen (secondary N) is 1. The van der Waals surface area contributed by atoms with Gasteiger partial charge in [0.15, 0.2) is 11.5 Å². The highest BCUT2D eigenvalue weighted by Gasteiger charge is 2.41. The molecule has 0 fully saturated rings. The highest BCUT2D eigenvalue weighted by Crippen LogP contribution is 2.39. The van der Waals surface area contributed by atoms with E-state index in [1.54, 1.807) is 66.7 Å². The molecule has 0 aromatic heterocycles. The van der Waals surface area contributed by atoms with E-state index in [2.05, 4.69) is 5.32 Å². The number of hydrogen-bond donors (Lipinski definition) is 1. The SMILES string of the molecule is COc1ccccc1C1=C(Nc2ccc3c(c2)OCCO3)C(=O)N(c2ccc(Cl)cc2)C1=O. The zero-order chi connectivity index (χ0) is 22.9. The summed E-state index contributed by atoms with van der Waals surface area (Å²) < 4.78 is 16.7. The number of benzene rings is 3. The number of carbonyl (C=O) groups is 2. The van der Waals surface area contributed by atoms with Crippen LogP contribution in [0.5, 0.6) is 17.2 Å². The standard InChI is InChI=1S/C25H19ClN2O5/c1-31-19-5-3-2-4-18(19)22-23(27-16-8-11-20-21(14-16)33-13-12-32-20)25(30)28(24(22)29)17-9-6-15(26)7-10-17/h2-11,14,27H,12-13H2,1H3. The van der Waals surface area contributed by atoms with Gasteiger partial charge in [0.25, 0.3) is 11.8 Å². The zero-order valence-corrected chi connectivity index (χ0v) is 18.4. The summed E-state index contributed by atoms with van der Waals surface area (Å²) >= 11 is 6.00. The van der Waals surface area contributed by atoms with Gasteiger partial charge in [-0.05, 0) is 42.5 Å². The molecule has 0 aliphatic carbocycles. The highest BCUT2D eigenvalue weighted by atomic mass is 35.5. The highest BCUT2D eigenvalue weighted by molar-refractivity contribution is 6.46. The molecule has 1 N–H and O–H groups in total. The predicted octanol–water partition coefficient (Wildman–Crippen LogP) is 4.52. The van der Waals surface area contributed by atoms with Gasteiger partial charge in [-0.3, -0.25) is 9.59 Å². The number of imide groups is 1. The second-order valence-electron chi connectivity index (χ2n) is 7.36. The van der Waals surface area contributed by atoms with E-state index in [1.807, 2.05) is 0 Å². The van der Waals surface area contributed by atoms with E-state index in [1.165, 1.54) is 7.11 Å². The maximum Gasteiger partial charge on any atom is 0.282 e. The Morgan fingerprint density at radius 1 is 0.909 bits per heavy atom. The number of amides is 2. The van der Waals surface area contributed by atoms with Crippen molar-refractivity contribution in [2.75, 3.05) is 30.5 Å². The molecule has 33 heavy (non-hydrogen) atoms. The Balaban J connectivity index is 1.61. The fraction of sp³-hybridized carbons (Fsp3) is 0.120. The van der Waals surface area contributed by atoms with E-state index in [9.17, 15) is 9.59 Å². The Hall–Kier alpha value is -3.97. The Morgan fingerprint density at radius 2 is 1.64 bits per heavy atom. The smallest absolute Gasteiger partial charge is 0.282 e. The molecule has 166 valence electrons. The first-order chi connectivity index (χ1) is 16.1. The number of ether oxygens (including phenoxy) is 3. The fourth-order valence-corrected chi connectivity index (χ4v) is 3.96. The van der Waals surface area contributed by atoms with Gasteiger partial charge in [-0.25, -0.2) is 4.90 Å². The third-order valence-electron chi connectivity index (χ3n) is 5.36. The molecule has 0 saturated carbocycles. The lowest BCUT2D eigenvalue weighted by Gasteiger charge is -2.19. The molecule has 7 nitrogen and oxygen atoms in total. The number of nitrogens with zero attached hydrogens (tertiary/aromatic N) is 1. The molecule has 0 spiro atoms. The van der Waals surface area contributed by atoms with Crippen LogP contribution in [0.15, 0.2) is 72.4 Å². The summed E-state index contributed by atoms with van der Waals surface area (Å²) in [5.41, 5.74) is 1.86. The molecule has 2 heterocycles. The van der Waals surface area contributed by atoms with E-state index in [4.69, 9.17) is 25.8 Å². The average Bonchev–Trinajstić information content (AvgIpc) is 3.08. The quantitative estimate of drug-likeness (QED) is 0.562. The van der Waals surface area contributed by atoms with Crippen molar-refractivity contribution in [2.24, 2.45) is 0 Å². The number of anilines is 2. The van der Waals surface area contributed by atoms with E-state index in [0.717, 1.165) is 4.90 Å². The summed E-state index contributed by atoms with van der Waals surface area (Å²) in [5, 5.41) is 3.64. The summed E-state index contributed by atoms with van der Waals surface area (Å²) in [6.07, 6.45) is 0. The number of methoxy groups -OCH3 is 1. The number of rotatable bonds is 5. The van der Waals surface area contributed by atoms with E-state index < -0.39 is 11.8 Å². The monoisotopic (exact) mass is 462 g/mol. The third-order valence-corrected chi connectivity index (χ3v) is 5.61. The normalized spacial score (nSPS) is 15.2. The van der Waals surface area contributed by atoms with Crippen LogP contribution in [-0.4, -0.2) is 32.1 Å². The van der Waals surface area contributed by atoms with Gasteiger partial charge in [0, 0.05) is 22.3 Å². The predicted molar refractivity (Wildman–Crippen MR) is 125 cm³/mol. The van der Waals surface area contributed by atoms with Gasteiger partial charge in [-0.15, -0.1) is 0 Å². The van der Waals surface area contributed by atoms with Crippen LogP contribution >= 0.6 is 11.6 Å². The second kappa shape index (κ2) is 8.52. The van der Waals surface area contributed by atoms with Gasteiger partial charge in [-0.2, -0.15) is 0 Å². The largest absolute Gasteiger partial charge is 0.496 e. The second-order valence-corrected chi connectivity index (χ2v) is 7.79. The van der Waals surface area contributed by atoms with Gasteiger partial charge < -0.3 is 19.5 Å². The maximum atomic E-state index is 13.6. The van der Waals surface area contributed by atoms with Gasteiger partial charge in [-0.1, -0.05) is 29.8 Å². The molecule has 0 bridgehead atoms. The van der Waals surface area contributed by atoms with Crippen LogP contribution < -0.4 is 24.4 Å². The summed E-state index contributed by atoms with van der Waals surface area (Å²) in [6.45, 7) is 0.916. The summed E-state index contributed by atoms with van der Waals surface area (Å²) in [5.74, 6) is 0.720. The molecule has 3 aromatic rings. The lowest BCUT2D eigenvalue weighted by Crippen LogP contribution is -2.32. The number of halogens is 1. The summed E-state index contributed by atoms with van der Waals surface area (Å²) in [4.78, 5) is 28.2. The van der Waals surface area contributed by atoms with Gasteiger partial charge >= 0.3 is 0 Å². The summed E-state index contributed by atoms with van der Waals surface area (Å²) in [6, 6.07) is 18.9. The van der Waals surface area contributed by atoms with Crippen molar-refractivity contribution in [3.05, 3.63) is 83.0 Å². The maximum absolute atomic E-state index is 13.6. The van der Waals surface area contributed by atoms with Crippen molar-refractivity contribution in [2.45, 2.75) is 0 Å². The van der Waals surface area contributed by atoms with Crippen molar-refractivity contribution in [1.82, 2.24) is 0 Å². The van der Waals surface area contributed by atoms with Gasteiger partial charge in [0.05, 0.1) is 18.4 Å². The van der Waals surface area contributed by atoms with Crippen LogP contribution in [-0.2, 0) is 9.59 Å². The van der Waals surface area contributed by atoms with E-state index in [-0.39, 0.29) is 11.3 Å². The molecule has 3 aromatic carbocycles. The lowest BCUT2D eigenvalue weighted by atomic mass is 10.0. The number of para-hydroxylation sites is 1. The number of carbonyl (C=O) groups excluding carboxylic acids is 2. The first kappa shape index (κ1) is 20.9. The Kier molecular flexibility index (Phi) is 5.40. The minimum absolute atomic E-state index is 0.135. The number of fused-ring (bicyclic) bond motifs is 1. The molecule has 2 aliphatic heterocycles. The Morgan fingerprint density at radius 3 is 2.39 bits per heavy atom. The molecule has 0 saturated heterocycles. The summed E-state index contributed by atoms with van der Waals surface area (Å²) in [7, 11) is 1.52. The van der Waals surface area contributed by atoms with E-state index >= 15 is 0 Å². The first-order valence-corrected chi connectivity index (χ1v) is 10.6. The Bertz CT molecular complexity index is 1290. The van der Waals surface area contributed by atoms with E-state index in [0.29, 0.717) is 52.4 Å². The van der Waals surface area contributed by atoms with Crippen LogP contribution in [0.2, 0.25) is 5.02 Å². The lowest BCUT2D eigenvalue weighted by molar-refractivity contribution is -0.120. The molecule has 0 unspecified atom stereocenters. The molecular formula is C25H19ClN2O5. The van der Waals surface area contributed by atoms with Crippen LogP contribution in [0, 0.1) is 0 Å². The van der Waals surface area contributed by atoms with Crippen LogP contribution in [0.1, 0.15) is 5.56 Å². The molecule has 0 atom stereocenters. The molecule has 5 rings (SSSR count). The number of hydrogen-bond acceptors (Lipinski definition) is 6. The zero-order valence-electron chi connectivity index (χ0n) is 17.6. The van der Waals surface area contributed by atoms with Crippen LogP contribution in [0.25, 0.3) is 5.57 Å². The molecule has 8 heteroatoms. The molecule has 2 amide bonds. The van der Waals surface area contributed by atoms with Crippen molar-refractivity contribution in [3.63, 3.8) is 0 Å². The average molecular weight is 463 g/mol. The van der Waals surface area contributed by atoms with Crippen molar-refractivity contribution in [1.29, 1.82) is 0 Å². The van der Waals surface area contributed by atoms with Gasteiger partial charge in [0.1, 0.15) is 24.7 Å². The minimum Gasteiger partial charge on any atom is -0.496 e.